The third-order valence-corrected chi connectivity index (χ3v) is 5.58. The summed E-state index contributed by atoms with van der Waals surface area (Å²) in [5.74, 6) is 0. The zero-order valence-corrected chi connectivity index (χ0v) is 16.7. The van der Waals surface area contributed by atoms with Gasteiger partial charge in [-0.25, -0.2) is 0 Å². The maximum Gasteiger partial charge on any atom is 0.170 e. The molecule has 0 radical (unpaired) electrons. The van der Waals surface area contributed by atoms with Gasteiger partial charge in [0, 0.05) is 30.3 Å². The largest absolute Gasteiger partial charge is 0.395 e. The van der Waals surface area contributed by atoms with Crippen LogP contribution in [0.5, 0.6) is 0 Å². The van der Waals surface area contributed by atoms with E-state index in [1.54, 1.807) is 12.4 Å². The average Bonchev–Trinajstić information content (AvgIpc) is 3.19. The summed E-state index contributed by atoms with van der Waals surface area (Å²) < 4.78 is 2.20. The van der Waals surface area contributed by atoms with E-state index in [2.05, 4.69) is 50.7 Å². The highest BCUT2D eigenvalue weighted by molar-refractivity contribution is 7.80. The molecule has 0 spiro atoms. The maximum atomic E-state index is 9.61. The van der Waals surface area contributed by atoms with Crippen LogP contribution in [0.25, 0.3) is 5.69 Å². The summed E-state index contributed by atoms with van der Waals surface area (Å²) in [6.45, 7) is 4.71. The van der Waals surface area contributed by atoms with E-state index < -0.39 is 0 Å². The second kappa shape index (κ2) is 7.69. The van der Waals surface area contributed by atoms with Gasteiger partial charge in [-0.3, -0.25) is 9.97 Å². The minimum Gasteiger partial charge on any atom is -0.395 e. The number of thiocarbonyl (C=S) groups is 1. The van der Waals surface area contributed by atoms with Crippen LogP contribution < -0.4 is 5.32 Å². The fraction of sp³-hybridized carbons (Fsp3) is 0.286. The minimum absolute atomic E-state index is 0.0363. The average molecular weight is 394 g/mol. The Kier molecular flexibility index (Phi) is 5.11. The quantitative estimate of drug-likeness (QED) is 0.650. The number of rotatable bonds is 5. The van der Waals surface area contributed by atoms with Crippen molar-refractivity contribution >= 4 is 17.3 Å². The van der Waals surface area contributed by atoms with Gasteiger partial charge in [0.25, 0.3) is 0 Å². The number of hydrogen-bond donors (Lipinski definition) is 2. The van der Waals surface area contributed by atoms with Crippen LogP contribution >= 0.6 is 12.2 Å². The molecule has 0 amide bonds. The SMILES string of the molecule is Cc1cc([C@H]2[C@@H](c3ccccn3)NC(=S)N2CCO)c(C)n1-c1cccnc1. The Labute approximate surface area is 169 Å². The highest BCUT2D eigenvalue weighted by atomic mass is 32.1. The number of β-amino-alcohol motifs (C(OH)–C–C–N with tert-alkyl or cyclic N) is 1. The van der Waals surface area contributed by atoms with Crippen LogP contribution in [0.15, 0.2) is 55.0 Å². The van der Waals surface area contributed by atoms with Crippen LogP contribution in [0.1, 0.15) is 34.7 Å². The summed E-state index contributed by atoms with van der Waals surface area (Å²) in [6, 6.07) is 12.0. The van der Waals surface area contributed by atoms with E-state index >= 15 is 0 Å². The summed E-state index contributed by atoms with van der Waals surface area (Å²) in [5, 5.41) is 13.7. The lowest BCUT2D eigenvalue weighted by Crippen LogP contribution is -2.32. The van der Waals surface area contributed by atoms with Gasteiger partial charge < -0.3 is 19.9 Å². The monoisotopic (exact) mass is 393 g/mol. The highest BCUT2D eigenvalue weighted by Crippen LogP contribution is 2.41. The molecule has 1 aliphatic heterocycles. The van der Waals surface area contributed by atoms with Crippen molar-refractivity contribution in [1.82, 2.24) is 24.8 Å². The van der Waals surface area contributed by atoms with Gasteiger partial charge in [0.05, 0.1) is 36.3 Å². The highest BCUT2D eigenvalue weighted by Gasteiger charge is 2.41. The van der Waals surface area contributed by atoms with Gasteiger partial charge in [-0.1, -0.05) is 6.07 Å². The topological polar surface area (TPSA) is 66.2 Å². The van der Waals surface area contributed by atoms with Crippen LogP contribution in [0, 0.1) is 13.8 Å². The molecule has 0 aromatic carbocycles. The van der Waals surface area contributed by atoms with Gasteiger partial charge in [0.1, 0.15) is 0 Å². The predicted octanol–water partition coefficient (Wildman–Crippen LogP) is 2.85. The van der Waals surface area contributed by atoms with Gasteiger partial charge in [0.2, 0.25) is 0 Å². The van der Waals surface area contributed by atoms with E-state index in [0.717, 1.165) is 28.3 Å². The summed E-state index contributed by atoms with van der Waals surface area (Å²) in [7, 11) is 0. The molecule has 1 fully saturated rings. The van der Waals surface area contributed by atoms with Crippen molar-refractivity contribution in [2.45, 2.75) is 25.9 Å². The number of nitrogens with one attached hydrogen (secondary N) is 1. The van der Waals surface area contributed by atoms with E-state index in [1.165, 1.54) is 0 Å². The van der Waals surface area contributed by atoms with Crippen LogP contribution in [0.2, 0.25) is 0 Å². The summed E-state index contributed by atoms with van der Waals surface area (Å²) in [6.07, 6.45) is 5.44. The lowest BCUT2D eigenvalue weighted by Gasteiger charge is -2.27. The molecule has 1 aliphatic rings. The van der Waals surface area contributed by atoms with Crippen LogP contribution in [0.3, 0.4) is 0 Å². The first-order valence-corrected chi connectivity index (χ1v) is 9.71. The standard InChI is InChI=1S/C21H23N5OS/c1-14-12-17(15(2)26(14)16-6-5-8-22-13-16)20-19(18-7-3-4-9-23-18)24-21(28)25(20)10-11-27/h3-9,12-13,19-20,27H,10-11H2,1-2H3,(H,24,28)/t19-,20+/m1/s1. The zero-order valence-electron chi connectivity index (χ0n) is 15.9. The van der Waals surface area contributed by atoms with E-state index in [-0.39, 0.29) is 18.7 Å². The number of aliphatic hydroxyl groups excluding tert-OH is 1. The molecule has 0 unspecified atom stereocenters. The molecule has 0 bridgehead atoms. The van der Waals surface area contributed by atoms with Gasteiger partial charge in [-0.05, 0) is 62.0 Å². The molecule has 144 valence electrons. The fourth-order valence-corrected chi connectivity index (χ4v) is 4.39. The predicted molar refractivity (Wildman–Crippen MR) is 112 cm³/mol. The van der Waals surface area contributed by atoms with Crippen LogP contribution in [0.4, 0.5) is 0 Å². The molecule has 7 heteroatoms. The smallest absolute Gasteiger partial charge is 0.170 e. The molecule has 2 atom stereocenters. The number of hydrogen-bond acceptors (Lipinski definition) is 4. The molecule has 28 heavy (non-hydrogen) atoms. The number of aromatic nitrogens is 3. The molecule has 1 saturated heterocycles. The van der Waals surface area contributed by atoms with Gasteiger partial charge in [0.15, 0.2) is 5.11 Å². The van der Waals surface area contributed by atoms with E-state index in [1.807, 2.05) is 30.5 Å². The van der Waals surface area contributed by atoms with Gasteiger partial charge in [-0.2, -0.15) is 0 Å². The number of nitrogens with zero attached hydrogens (tertiary/aromatic N) is 4. The van der Waals surface area contributed by atoms with Crippen LogP contribution in [-0.2, 0) is 0 Å². The second-order valence-electron chi connectivity index (χ2n) is 6.92. The Balaban J connectivity index is 1.83. The molecule has 0 saturated carbocycles. The van der Waals surface area contributed by atoms with Gasteiger partial charge in [-0.15, -0.1) is 0 Å². The van der Waals surface area contributed by atoms with Crippen molar-refractivity contribution in [1.29, 1.82) is 0 Å². The molecule has 6 nitrogen and oxygen atoms in total. The van der Waals surface area contributed by atoms with E-state index in [4.69, 9.17) is 12.2 Å². The molecular formula is C21H23N5OS. The summed E-state index contributed by atoms with van der Waals surface area (Å²) in [5.41, 5.74) is 5.38. The lowest BCUT2D eigenvalue weighted by atomic mass is 9.97. The fourth-order valence-electron chi connectivity index (χ4n) is 4.06. The number of aryl methyl sites for hydroxylation is 1. The Bertz CT molecular complexity index is 973. The number of pyridine rings is 2. The normalized spacial score (nSPS) is 19.1. The first-order chi connectivity index (χ1) is 13.6. The van der Waals surface area contributed by atoms with Gasteiger partial charge >= 0.3 is 0 Å². The van der Waals surface area contributed by atoms with Crippen molar-refractivity contribution in [2.24, 2.45) is 0 Å². The molecule has 2 N–H and O–H groups in total. The number of aliphatic hydroxyl groups is 1. The van der Waals surface area contributed by atoms with Crippen molar-refractivity contribution in [2.75, 3.05) is 13.2 Å². The van der Waals surface area contributed by atoms with Crippen molar-refractivity contribution in [3.8, 4) is 5.69 Å². The van der Waals surface area contributed by atoms with Crippen molar-refractivity contribution < 1.29 is 5.11 Å². The van der Waals surface area contributed by atoms with E-state index in [0.29, 0.717) is 11.7 Å². The molecule has 3 aromatic rings. The summed E-state index contributed by atoms with van der Waals surface area (Å²) >= 11 is 5.60. The summed E-state index contributed by atoms with van der Waals surface area (Å²) in [4.78, 5) is 10.9. The Hall–Kier alpha value is -2.77. The molecular weight excluding hydrogens is 370 g/mol. The third kappa shape index (κ3) is 3.16. The second-order valence-corrected chi connectivity index (χ2v) is 7.30. The van der Waals surface area contributed by atoms with E-state index in [9.17, 15) is 5.11 Å². The lowest BCUT2D eigenvalue weighted by molar-refractivity contribution is 0.223. The minimum atomic E-state index is -0.0805. The maximum absolute atomic E-state index is 9.61. The van der Waals surface area contributed by atoms with Crippen molar-refractivity contribution in [3.63, 3.8) is 0 Å². The van der Waals surface area contributed by atoms with Crippen molar-refractivity contribution in [3.05, 3.63) is 77.6 Å². The third-order valence-electron chi connectivity index (χ3n) is 5.23. The Morgan fingerprint density at radius 2 is 2.04 bits per heavy atom. The molecule has 4 heterocycles. The molecule has 4 rings (SSSR count). The Morgan fingerprint density at radius 3 is 2.71 bits per heavy atom. The first-order valence-electron chi connectivity index (χ1n) is 9.30. The first kappa shape index (κ1) is 18.6. The Morgan fingerprint density at radius 1 is 1.18 bits per heavy atom. The molecule has 3 aromatic heterocycles. The molecule has 0 aliphatic carbocycles. The van der Waals surface area contributed by atoms with Crippen LogP contribution in [-0.4, -0.2) is 42.8 Å². The zero-order chi connectivity index (χ0) is 19.7.